The highest BCUT2D eigenvalue weighted by Gasteiger charge is 2.49. The molecule has 5 rings (SSSR count). The number of benzene rings is 1. The third-order valence-corrected chi connectivity index (χ3v) is 8.81. The van der Waals surface area contributed by atoms with Crippen LogP contribution in [-0.2, 0) is 11.3 Å². The molecule has 1 saturated carbocycles. The fraction of sp³-hybridized carbons (Fsp3) is 0.560. The van der Waals surface area contributed by atoms with E-state index >= 15 is 0 Å². The normalized spacial score (nSPS) is 27.3. The van der Waals surface area contributed by atoms with Crippen molar-refractivity contribution in [3.8, 4) is 0 Å². The Hall–Kier alpha value is -1.80. The fourth-order valence-electron chi connectivity index (χ4n) is 5.62. The minimum Gasteiger partial charge on any atom is -0.481 e. The Labute approximate surface area is 220 Å². The van der Waals surface area contributed by atoms with E-state index in [9.17, 15) is 9.90 Å². The summed E-state index contributed by atoms with van der Waals surface area (Å²) < 4.78 is 0. The molecule has 35 heavy (non-hydrogen) atoms. The SMILES string of the molecule is CC1(C(=O)O)CC(N2CCC[C@H](C3CN(c4ncc(Cl)c(NCc5ccc(Cl)cc5Cl)n4)C3)C2)C1. The summed E-state index contributed by atoms with van der Waals surface area (Å²) in [6.07, 6.45) is 5.58. The average Bonchev–Trinajstić information content (AvgIpc) is 2.77. The maximum atomic E-state index is 11.5. The summed E-state index contributed by atoms with van der Waals surface area (Å²) >= 11 is 18.6. The second-order valence-electron chi connectivity index (χ2n) is 10.4. The topological polar surface area (TPSA) is 81.6 Å². The van der Waals surface area contributed by atoms with Crippen LogP contribution in [0.3, 0.4) is 0 Å². The van der Waals surface area contributed by atoms with Gasteiger partial charge in [-0.15, -0.1) is 0 Å². The average molecular weight is 539 g/mol. The molecule has 188 valence electrons. The summed E-state index contributed by atoms with van der Waals surface area (Å²) in [4.78, 5) is 25.3. The predicted octanol–water partition coefficient (Wildman–Crippen LogP) is 5.45. The molecular weight excluding hydrogens is 509 g/mol. The molecule has 3 aliphatic rings. The van der Waals surface area contributed by atoms with Gasteiger partial charge in [0.2, 0.25) is 5.95 Å². The molecule has 0 amide bonds. The van der Waals surface area contributed by atoms with Crippen molar-refractivity contribution < 1.29 is 9.90 Å². The van der Waals surface area contributed by atoms with E-state index in [-0.39, 0.29) is 0 Å². The summed E-state index contributed by atoms with van der Waals surface area (Å²) in [6, 6.07) is 5.82. The molecule has 2 aromatic rings. The van der Waals surface area contributed by atoms with Crippen LogP contribution in [0.25, 0.3) is 0 Å². The zero-order valence-corrected chi connectivity index (χ0v) is 22.0. The number of anilines is 2. The first-order valence-corrected chi connectivity index (χ1v) is 13.3. The van der Waals surface area contributed by atoms with Crippen LogP contribution in [-0.4, -0.2) is 58.2 Å². The van der Waals surface area contributed by atoms with Crippen LogP contribution in [0.4, 0.5) is 11.8 Å². The monoisotopic (exact) mass is 537 g/mol. The number of likely N-dealkylation sites (tertiary alicyclic amines) is 1. The van der Waals surface area contributed by atoms with Crippen LogP contribution >= 0.6 is 34.8 Å². The van der Waals surface area contributed by atoms with Crippen LogP contribution in [0.2, 0.25) is 15.1 Å². The number of hydrogen-bond donors (Lipinski definition) is 2. The fourth-order valence-corrected chi connectivity index (χ4v) is 6.26. The quantitative estimate of drug-likeness (QED) is 0.485. The molecule has 1 atom stereocenters. The van der Waals surface area contributed by atoms with Gasteiger partial charge in [-0.1, -0.05) is 40.9 Å². The number of carboxylic acids is 1. The lowest BCUT2D eigenvalue weighted by atomic mass is 9.65. The second-order valence-corrected chi connectivity index (χ2v) is 11.7. The Morgan fingerprint density at radius 3 is 2.66 bits per heavy atom. The van der Waals surface area contributed by atoms with Gasteiger partial charge in [-0.3, -0.25) is 4.79 Å². The minimum atomic E-state index is -0.662. The van der Waals surface area contributed by atoms with E-state index in [1.54, 1.807) is 18.3 Å². The van der Waals surface area contributed by atoms with Gasteiger partial charge in [-0.25, -0.2) is 4.98 Å². The molecule has 0 spiro atoms. The number of rotatable bonds is 7. The molecule has 2 saturated heterocycles. The summed E-state index contributed by atoms with van der Waals surface area (Å²) in [5.41, 5.74) is 0.370. The van der Waals surface area contributed by atoms with Crippen LogP contribution < -0.4 is 10.2 Å². The predicted molar refractivity (Wildman–Crippen MR) is 140 cm³/mol. The van der Waals surface area contributed by atoms with E-state index < -0.39 is 11.4 Å². The van der Waals surface area contributed by atoms with E-state index in [2.05, 4.69) is 25.1 Å². The number of carbonyl (C=O) groups is 1. The first-order chi connectivity index (χ1) is 16.7. The van der Waals surface area contributed by atoms with Crippen molar-refractivity contribution in [3.63, 3.8) is 0 Å². The van der Waals surface area contributed by atoms with Crippen molar-refractivity contribution in [2.45, 2.75) is 45.2 Å². The first-order valence-electron chi connectivity index (χ1n) is 12.1. The summed E-state index contributed by atoms with van der Waals surface area (Å²) in [6.45, 7) is 6.36. The molecule has 2 aliphatic heterocycles. The lowest BCUT2D eigenvalue weighted by Crippen LogP contribution is -2.58. The van der Waals surface area contributed by atoms with Crippen molar-refractivity contribution in [1.29, 1.82) is 0 Å². The van der Waals surface area contributed by atoms with Gasteiger partial charge in [-0.05, 0) is 68.7 Å². The van der Waals surface area contributed by atoms with Crippen molar-refractivity contribution in [2.24, 2.45) is 17.3 Å². The van der Waals surface area contributed by atoms with Gasteiger partial charge >= 0.3 is 5.97 Å². The van der Waals surface area contributed by atoms with Crippen LogP contribution in [0.15, 0.2) is 24.4 Å². The molecule has 0 radical (unpaired) electrons. The number of nitrogens with one attached hydrogen (secondary N) is 1. The smallest absolute Gasteiger partial charge is 0.309 e. The molecule has 3 fully saturated rings. The molecule has 1 aromatic heterocycles. The number of aliphatic carboxylic acids is 1. The van der Waals surface area contributed by atoms with Gasteiger partial charge in [0, 0.05) is 42.3 Å². The maximum Gasteiger partial charge on any atom is 0.309 e. The summed E-state index contributed by atoms with van der Waals surface area (Å²) in [7, 11) is 0. The number of carboxylic acid groups (broad SMARTS) is 1. The first kappa shape index (κ1) is 24.9. The van der Waals surface area contributed by atoms with E-state index in [0.717, 1.165) is 44.6 Å². The molecule has 0 unspecified atom stereocenters. The highest BCUT2D eigenvalue weighted by molar-refractivity contribution is 6.35. The molecule has 10 heteroatoms. The van der Waals surface area contributed by atoms with E-state index in [0.29, 0.717) is 51.3 Å². The van der Waals surface area contributed by atoms with Crippen LogP contribution in [0, 0.1) is 17.3 Å². The van der Waals surface area contributed by atoms with Gasteiger partial charge < -0.3 is 20.2 Å². The summed E-state index contributed by atoms with van der Waals surface area (Å²) in [5, 5.41) is 14.4. The highest BCUT2D eigenvalue weighted by Crippen LogP contribution is 2.45. The number of aromatic nitrogens is 2. The van der Waals surface area contributed by atoms with E-state index in [4.69, 9.17) is 34.8 Å². The largest absolute Gasteiger partial charge is 0.481 e. The Balaban J connectivity index is 1.15. The van der Waals surface area contributed by atoms with Crippen LogP contribution in [0.5, 0.6) is 0 Å². The Bertz CT molecular complexity index is 1100. The van der Waals surface area contributed by atoms with Gasteiger partial charge in [0.25, 0.3) is 0 Å². The van der Waals surface area contributed by atoms with Crippen molar-refractivity contribution in [1.82, 2.24) is 14.9 Å². The van der Waals surface area contributed by atoms with Gasteiger partial charge in [0.05, 0.1) is 11.6 Å². The second kappa shape index (κ2) is 9.92. The van der Waals surface area contributed by atoms with E-state index in [1.165, 1.54) is 12.8 Å². The molecule has 3 heterocycles. The molecule has 2 N–H and O–H groups in total. The minimum absolute atomic E-state index is 0.414. The van der Waals surface area contributed by atoms with Gasteiger partial charge in [0.1, 0.15) is 5.02 Å². The van der Waals surface area contributed by atoms with Crippen LogP contribution in [0.1, 0.15) is 38.2 Å². The Morgan fingerprint density at radius 2 is 1.94 bits per heavy atom. The van der Waals surface area contributed by atoms with Crippen molar-refractivity contribution in [3.05, 3.63) is 45.0 Å². The summed E-state index contributed by atoms with van der Waals surface area (Å²) in [5.74, 6) is 1.84. The zero-order chi connectivity index (χ0) is 24.7. The number of piperidine rings is 1. The lowest BCUT2D eigenvalue weighted by Gasteiger charge is -2.52. The highest BCUT2D eigenvalue weighted by atomic mass is 35.5. The number of nitrogens with zero attached hydrogens (tertiary/aromatic N) is 4. The molecule has 1 aliphatic carbocycles. The van der Waals surface area contributed by atoms with E-state index in [1.807, 2.05) is 13.0 Å². The van der Waals surface area contributed by atoms with Crippen molar-refractivity contribution >= 4 is 52.5 Å². The standard InChI is InChI=1S/C25H30Cl3N5O2/c1-25(23(34)35)8-19(9-25)32-6-2-3-16(12-32)17-13-33(14-17)24-30-11-21(28)22(31-24)29-10-15-4-5-18(26)7-20(15)27/h4-5,7,11,16-17,19H,2-3,6,8-10,12-14H2,1H3,(H,34,35)(H,29,30,31)/t16-,19?,25?/m0/s1. The molecule has 7 nitrogen and oxygen atoms in total. The van der Waals surface area contributed by atoms with Crippen molar-refractivity contribution in [2.75, 3.05) is 36.4 Å². The molecular formula is C25H30Cl3N5O2. The van der Waals surface area contributed by atoms with Gasteiger partial charge in [0.15, 0.2) is 5.82 Å². The number of halogens is 3. The van der Waals surface area contributed by atoms with Gasteiger partial charge in [-0.2, -0.15) is 4.98 Å². The lowest BCUT2D eigenvalue weighted by molar-refractivity contribution is -0.158. The maximum absolute atomic E-state index is 11.5. The third kappa shape index (κ3) is 5.19. The third-order valence-electron chi connectivity index (χ3n) is 7.95. The molecule has 0 bridgehead atoms. The Morgan fingerprint density at radius 1 is 1.17 bits per heavy atom. The number of hydrogen-bond acceptors (Lipinski definition) is 6. The zero-order valence-electron chi connectivity index (χ0n) is 19.7. The Kier molecular flexibility index (Phi) is 7.05. The molecule has 1 aromatic carbocycles.